The highest BCUT2D eigenvalue weighted by Crippen LogP contribution is 2.51. The fourth-order valence-corrected chi connectivity index (χ4v) is 26.9. The third-order valence-electron chi connectivity index (χ3n) is 19.3. The Morgan fingerprint density at radius 3 is 1.39 bits per heavy atom. The molecule has 1 nitrogen and oxygen atoms in total. The average molecular weight is 1130 g/mol. The van der Waals surface area contributed by atoms with Crippen LogP contribution in [0.4, 0.5) is 0 Å². The second-order valence-corrected chi connectivity index (χ2v) is 32.4. The molecule has 1 aliphatic rings. The molecule has 0 fully saturated rings. The third-order valence-corrected chi connectivity index (χ3v) is 30.2. The normalized spacial score (nSPS) is 13.2. The number of nitrogens with zero attached hydrogens (tertiary/aromatic N) is 1. The molecule has 14 aromatic carbocycles. The number of benzene rings is 14. The van der Waals surface area contributed by atoms with Gasteiger partial charge in [0.2, 0.25) is 0 Å². The molecule has 85 heavy (non-hydrogen) atoms. The molecule has 16 aromatic rings. The van der Waals surface area contributed by atoms with Crippen LogP contribution < -0.4 is 41.5 Å². The first-order chi connectivity index (χ1) is 41.9. The van der Waals surface area contributed by atoms with Crippen molar-refractivity contribution in [3.05, 3.63) is 321 Å². The predicted molar refractivity (Wildman–Crippen MR) is 371 cm³/mol. The molecule has 17 rings (SSSR count). The van der Waals surface area contributed by atoms with E-state index in [-0.39, 0.29) is 5.41 Å². The van der Waals surface area contributed by atoms with E-state index in [1.807, 2.05) is 11.3 Å². The van der Waals surface area contributed by atoms with Crippen molar-refractivity contribution in [1.29, 1.82) is 0 Å². The standard InChI is InChI=1S/C81H57NSSi2/c1-81(2)74-41-20-17-37-66(74)72-52-73-67-38-18-21-42-76(67)82(77(73)53-75(72)81)54-25-23-34-59(49-54)84(55-26-7-3-8-27-55,56-28-9-4-10-29-56)60-45-47-64-65-48-46-61(51-71(65)63-36-16-15-35-62(63)70(64)50-60)85(57-30-11-5-12-31-57,58-32-13-6-14-33-58)79-44-24-40-69-68-39-19-22-43-78(68)83-80(69)79/h3-53H,1-2H3. The van der Waals surface area contributed by atoms with Crippen molar-refractivity contribution in [2.45, 2.75) is 19.3 Å². The van der Waals surface area contributed by atoms with E-state index in [2.05, 4.69) is 328 Å². The number of hydrogen-bond donors (Lipinski definition) is 0. The fourth-order valence-electron chi connectivity index (χ4n) is 15.5. The van der Waals surface area contributed by atoms with E-state index in [1.54, 1.807) is 0 Å². The Bertz CT molecular complexity index is 5230. The maximum atomic E-state index is 2.60. The van der Waals surface area contributed by atoms with Gasteiger partial charge in [-0.2, -0.15) is 0 Å². The highest BCUT2D eigenvalue weighted by molar-refractivity contribution is 7.30. The molecule has 400 valence electrons. The van der Waals surface area contributed by atoms with E-state index in [0.717, 1.165) is 0 Å². The summed E-state index contributed by atoms with van der Waals surface area (Å²) in [6.45, 7) is 4.78. The smallest absolute Gasteiger partial charge is 0.181 e. The second-order valence-electron chi connectivity index (χ2n) is 23.8. The van der Waals surface area contributed by atoms with Crippen molar-refractivity contribution >= 4 is 143 Å². The lowest BCUT2D eigenvalue weighted by atomic mass is 9.82. The average Bonchev–Trinajstić information content (AvgIpc) is 1.85. The van der Waals surface area contributed by atoms with Crippen LogP contribution >= 0.6 is 11.3 Å². The minimum atomic E-state index is -3.12. The molecular weight excluding hydrogens is 1080 g/mol. The van der Waals surface area contributed by atoms with Gasteiger partial charge in [0.15, 0.2) is 16.1 Å². The van der Waals surface area contributed by atoms with E-state index in [1.165, 1.54) is 144 Å². The van der Waals surface area contributed by atoms with E-state index in [0.29, 0.717) is 0 Å². The highest BCUT2D eigenvalue weighted by atomic mass is 32.1. The summed E-state index contributed by atoms with van der Waals surface area (Å²) in [5.74, 6) is 0. The SMILES string of the molecule is CC1(C)c2ccccc2-c2cc3c4ccccc4n(-c4cccc([Si](c5ccccc5)(c5ccccc5)c5ccc6c7ccc([Si](c8ccccc8)(c8ccccc8)c8cccc9c8sc8ccccc89)cc7c7ccccc7c6c5)c4)c3cc21. The maximum absolute atomic E-state index is 3.12. The first kappa shape index (κ1) is 49.9. The minimum Gasteiger partial charge on any atom is -0.309 e. The van der Waals surface area contributed by atoms with Crippen LogP contribution in [-0.4, -0.2) is 20.7 Å². The van der Waals surface area contributed by atoms with Gasteiger partial charge in [0, 0.05) is 42.0 Å². The van der Waals surface area contributed by atoms with Crippen LogP contribution in [0.3, 0.4) is 0 Å². The van der Waals surface area contributed by atoms with Gasteiger partial charge >= 0.3 is 0 Å². The Kier molecular flexibility index (Phi) is 11.3. The van der Waals surface area contributed by atoms with Crippen molar-refractivity contribution in [1.82, 2.24) is 4.57 Å². The topological polar surface area (TPSA) is 4.93 Å². The molecule has 0 spiro atoms. The highest BCUT2D eigenvalue weighted by Gasteiger charge is 2.45. The van der Waals surface area contributed by atoms with Crippen LogP contribution in [0, 0.1) is 0 Å². The number of fused-ring (bicyclic) bond motifs is 15. The summed E-state index contributed by atoms with van der Waals surface area (Å²) in [4.78, 5) is 0. The van der Waals surface area contributed by atoms with Crippen LogP contribution in [0.15, 0.2) is 309 Å². The third kappa shape index (κ3) is 7.20. The van der Waals surface area contributed by atoms with Gasteiger partial charge < -0.3 is 4.57 Å². The molecule has 0 N–H and O–H groups in total. The Hall–Kier alpha value is -9.69. The predicted octanol–water partition coefficient (Wildman–Crippen LogP) is 15.7. The van der Waals surface area contributed by atoms with Gasteiger partial charge in [0.25, 0.3) is 0 Å². The van der Waals surface area contributed by atoms with E-state index >= 15 is 0 Å². The summed E-state index contributed by atoms with van der Waals surface area (Å²) in [7, 11) is -6.13. The first-order valence-electron chi connectivity index (χ1n) is 29.7. The zero-order chi connectivity index (χ0) is 56.4. The monoisotopic (exact) mass is 1130 g/mol. The van der Waals surface area contributed by atoms with Crippen molar-refractivity contribution in [3.8, 4) is 16.8 Å². The summed E-state index contributed by atoms with van der Waals surface area (Å²) in [6, 6.07) is 119. The lowest BCUT2D eigenvalue weighted by Crippen LogP contribution is -2.74. The van der Waals surface area contributed by atoms with E-state index < -0.39 is 16.1 Å². The molecule has 0 amide bonds. The van der Waals surface area contributed by atoms with Crippen molar-refractivity contribution in [2.24, 2.45) is 0 Å². The van der Waals surface area contributed by atoms with Crippen LogP contribution in [-0.2, 0) is 5.41 Å². The van der Waals surface area contributed by atoms with Crippen LogP contribution in [0.1, 0.15) is 25.0 Å². The molecule has 0 radical (unpaired) electrons. The molecule has 4 heteroatoms. The molecule has 1 aliphatic carbocycles. The molecule has 0 saturated carbocycles. The summed E-state index contributed by atoms with van der Waals surface area (Å²) < 4.78 is 5.25. The number of thiophene rings is 1. The molecule has 0 bridgehead atoms. The Morgan fingerprint density at radius 1 is 0.282 bits per heavy atom. The number of rotatable bonds is 9. The molecule has 0 aliphatic heterocycles. The van der Waals surface area contributed by atoms with Gasteiger partial charge in [-0.3, -0.25) is 0 Å². The van der Waals surface area contributed by atoms with Gasteiger partial charge in [-0.05, 0) is 132 Å². The quantitative estimate of drug-likeness (QED) is 0.0771. The van der Waals surface area contributed by atoms with Crippen molar-refractivity contribution in [3.63, 3.8) is 0 Å². The van der Waals surface area contributed by atoms with Crippen LogP contribution in [0.2, 0.25) is 0 Å². The van der Waals surface area contributed by atoms with Gasteiger partial charge in [0.1, 0.15) is 0 Å². The second kappa shape index (κ2) is 19.2. The Labute approximate surface area is 501 Å². The fraction of sp³-hybridized carbons (Fsp3) is 0.0370. The molecule has 2 heterocycles. The largest absolute Gasteiger partial charge is 0.309 e. The van der Waals surface area contributed by atoms with E-state index in [4.69, 9.17) is 0 Å². The Balaban J connectivity index is 0.911. The van der Waals surface area contributed by atoms with Gasteiger partial charge in [-0.25, -0.2) is 0 Å². The molecule has 2 aromatic heterocycles. The summed E-state index contributed by atoms with van der Waals surface area (Å²) in [5.41, 5.74) is 8.95. The minimum absolute atomic E-state index is 0.133. The number of para-hydroxylation sites is 1. The zero-order valence-corrected chi connectivity index (χ0v) is 50.1. The molecule has 0 atom stereocenters. The lowest BCUT2D eigenvalue weighted by molar-refractivity contribution is 0.661. The van der Waals surface area contributed by atoms with Gasteiger partial charge in [-0.15, -0.1) is 11.3 Å². The van der Waals surface area contributed by atoms with Crippen molar-refractivity contribution in [2.75, 3.05) is 0 Å². The molecular formula is C81H57NSSi2. The zero-order valence-electron chi connectivity index (χ0n) is 47.3. The maximum Gasteiger partial charge on any atom is 0.181 e. The number of hydrogen-bond acceptors (Lipinski definition) is 1. The van der Waals surface area contributed by atoms with Gasteiger partial charge in [-0.1, -0.05) is 287 Å². The summed E-state index contributed by atoms with van der Waals surface area (Å²) in [6.07, 6.45) is 0. The van der Waals surface area contributed by atoms with Crippen molar-refractivity contribution < 1.29 is 0 Å². The molecule has 0 saturated heterocycles. The number of aromatic nitrogens is 1. The lowest BCUT2D eigenvalue weighted by Gasteiger charge is -2.35. The van der Waals surface area contributed by atoms with Gasteiger partial charge in [0.05, 0.1) is 11.0 Å². The van der Waals surface area contributed by atoms with Crippen LogP contribution in [0.25, 0.3) is 91.1 Å². The van der Waals surface area contributed by atoms with E-state index in [9.17, 15) is 0 Å². The summed E-state index contributed by atoms with van der Waals surface area (Å²) >= 11 is 1.94. The first-order valence-corrected chi connectivity index (χ1v) is 34.5. The molecule has 0 unspecified atom stereocenters. The van der Waals surface area contributed by atoms with Crippen LogP contribution in [0.5, 0.6) is 0 Å². The summed E-state index contributed by atoms with van der Waals surface area (Å²) in [5, 5.41) is 23.8. The Morgan fingerprint density at radius 2 is 0.753 bits per heavy atom.